The number of rotatable bonds is 3. The van der Waals surface area contributed by atoms with Crippen LogP contribution in [0.2, 0.25) is 0 Å². The van der Waals surface area contributed by atoms with E-state index in [1.165, 1.54) is 6.07 Å². The summed E-state index contributed by atoms with van der Waals surface area (Å²) in [5.41, 5.74) is 10.5. The maximum atomic E-state index is 13.6. The minimum absolute atomic E-state index is 0.268. The van der Waals surface area contributed by atoms with Crippen LogP contribution in [0, 0.1) is 12.7 Å². The lowest BCUT2D eigenvalue weighted by molar-refractivity contribution is 0.599. The number of aryl methyl sites for hydroxylation is 1. The van der Waals surface area contributed by atoms with E-state index in [4.69, 9.17) is 11.6 Å². The number of anilines is 1. The highest BCUT2D eigenvalue weighted by molar-refractivity contribution is 5.45. The van der Waals surface area contributed by atoms with Crippen LogP contribution in [0.5, 0.6) is 0 Å². The third kappa shape index (κ3) is 2.32. The molecule has 5 N–H and O–H groups in total. The average molecular weight is 246 g/mol. The van der Waals surface area contributed by atoms with Crippen LogP contribution >= 0.6 is 0 Å². The van der Waals surface area contributed by atoms with Crippen LogP contribution in [0.15, 0.2) is 36.5 Å². The Balaban J connectivity index is 2.45. The lowest BCUT2D eigenvalue weighted by Gasteiger charge is -2.18. The summed E-state index contributed by atoms with van der Waals surface area (Å²) in [7, 11) is 0. The number of halogens is 1. The molecule has 0 amide bonds. The summed E-state index contributed by atoms with van der Waals surface area (Å²) in [6, 6.07) is 8.17. The highest BCUT2D eigenvalue weighted by Crippen LogP contribution is 2.25. The molecule has 18 heavy (non-hydrogen) atoms. The van der Waals surface area contributed by atoms with Gasteiger partial charge in [-0.25, -0.2) is 14.8 Å². The van der Waals surface area contributed by atoms with E-state index >= 15 is 0 Å². The van der Waals surface area contributed by atoms with Crippen LogP contribution in [-0.4, -0.2) is 4.98 Å². The van der Waals surface area contributed by atoms with Gasteiger partial charge in [-0.15, -0.1) is 0 Å². The molecule has 0 saturated heterocycles. The average Bonchev–Trinajstić information content (AvgIpc) is 2.37. The summed E-state index contributed by atoms with van der Waals surface area (Å²) >= 11 is 0. The van der Waals surface area contributed by atoms with E-state index in [1.807, 2.05) is 12.1 Å². The van der Waals surface area contributed by atoms with Crippen LogP contribution < -0.4 is 17.0 Å². The molecule has 0 spiro atoms. The minimum atomic E-state index is -0.381. The number of hydrogen-bond acceptors (Lipinski definition) is 4. The summed E-state index contributed by atoms with van der Waals surface area (Å²) in [6.07, 6.45) is 1.60. The van der Waals surface area contributed by atoms with Gasteiger partial charge < -0.3 is 5.73 Å². The summed E-state index contributed by atoms with van der Waals surface area (Å²) in [5, 5.41) is 0. The molecule has 0 aliphatic rings. The van der Waals surface area contributed by atoms with Crippen LogP contribution in [-0.2, 0) is 0 Å². The molecule has 0 aliphatic heterocycles. The van der Waals surface area contributed by atoms with Crippen molar-refractivity contribution in [1.29, 1.82) is 0 Å². The monoisotopic (exact) mass is 246 g/mol. The molecular formula is C13H15FN4. The Morgan fingerprint density at radius 2 is 2.11 bits per heavy atom. The van der Waals surface area contributed by atoms with Crippen LogP contribution in [0.25, 0.3) is 0 Å². The second kappa shape index (κ2) is 5.12. The van der Waals surface area contributed by atoms with Crippen molar-refractivity contribution in [3.8, 4) is 0 Å². The van der Waals surface area contributed by atoms with Crippen molar-refractivity contribution < 1.29 is 4.39 Å². The lowest BCUT2D eigenvalue weighted by Crippen LogP contribution is -2.29. The fourth-order valence-electron chi connectivity index (χ4n) is 1.83. The number of nitrogen functional groups attached to an aromatic ring is 1. The molecule has 4 nitrogen and oxygen atoms in total. The van der Waals surface area contributed by atoms with E-state index in [-0.39, 0.29) is 11.9 Å². The maximum absolute atomic E-state index is 13.6. The molecule has 0 radical (unpaired) electrons. The van der Waals surface area contributed by atoms with Gasteiger partial charge in [0.1, 0.15) is 11.6 Å². The molecule has 0 bridgehead atoms. The minimum Gasteiger partial charge on any atom is -0.383 e. The zero-order valence-corrected chi connectivity index (χ0v) is 10.0. The van der Waals surface area contributed by atoms with Gasteiger partial charge in [0.05, 0.1) is 6.04 Å². The molecule has 0 fully saturated rings. The zero-order valence-electron chi connectivity index (χ0n) is 10.0. The molecule has 1 atom stereocenters. The van der Waals surface area contributed by atoms with Gasteiger partial charge in [0.25, 0.3) is 0 Å². The molecule has 5 heteroatoms. The first-order valence-corrected chi connectivity index (χ1v) is 5.56. The Labute approximate surface area is 105 Å². The van der Waals surface area contributed by atoms with Gasteiger partial charge >= 0.3 is 0 Å². The number of benzene rings is 1. The SMILES string of the molecule is Cc1ccc(C(NN)c2cccnc2N)cc1F. The predicted octanol–water partition coefficient (Wildman–Crippen LogP) is 1.66. The summed E-state index contributed by atoms with van der Waals surface area (Å²) < 4.78 is 13.6. The molecule has 94 valence electrons. The predicted molar refractivity (Wildman–Crippen MR) is 69.0 cm³/mol. The van der Waals surface area contributed by atoms with Crippen molar-refractivity contribution in [3.63, 3.8) is 0 Å². The molecule has 1 aromatic carbocycles. The number of nitrogens with two attached hydrogens (primary N) is 2. The van der Waals surface area contributed by atoms with Crippen LogP contribution in [0.4, 0.5) is 10.2 Å². The van der Waals surface area contributed by atoms with Gasteiger partial charge in [-0.1, -0.05) is 18.2 Å². The normalized spacial score (nSPS) is 12.4. The zero-order chi connectivity index (χ0) is 13.1. The first kappa shape index (κ1) is 12.5. The third-order valence-corrected chi connectivity index (χ3v) is 2.88. The topological polar surface area (TPSA) is 77.0 Å². The van der Waals surface area contributed by atoms with Crippen molar-refractivity contribution >= 4 is 5.82 Å². The number of pyridine rings is 1. The largest absolute Gasteiger partial charge is 0.383 e. The molecule has 0 saturated carbocycles. The van der Waals surface area contributed by atoms with Crippen molar-refractivity contribution in [1.82, 2.24) is 10.4 Å². The second-order valence-electron chi connectivity index (χ2n) is 4.09. The Kier molecular flexibility index (Phi) is 3.55. The maximum Gasteiger partial charge on any atom is 0.128 e. The fourth-order valence-corrected chi connectivity index (χ4v) is 1.83. The van der Waals surface area contributed by atoms with E-state index in [9.17, 15) is 4.39 Å². The second-order valence-corrected chi connectivity index (χ2v) is 4.09. The van der Waals surface area contributed by atoms with Gasteiger partial charge in [0.2, 0.25) is 0 Å². The smallest absolute Gasteiger partial charge is 0.128 e. The summed E-state index contributed by atoms with van der Waals surface area (Å²) in [4.78, 5) is 4.00. The molecule has 2 rings (SSSR count). The Morgan fingerprint density at radius 1 is 1.33 bits per heavy atom. The van der Waals surface area contributed by atoms with E-state index in [0.29, 0.717) is 16.9 Å². The Bertz CT molecular complexity index is 556. The van der Waals surface area contributed by atoms with E-state index < -0.39 is 0 Å². The summed E-state index contributed by atoms with van der Waals surface area (Å²) in [6.45, 7) is 1.71. The number of nitrogens with one attached hydrogen (secondary N) is 1. The third-order valence-electron chi connectivity index (χ3n) is 2.88. The van der Waals surface area contributed by atoms with E-state index in [2.05, 4.69) is 10.4 Å². The fraction of sp³-hybridized carbons (Fsp3) is 0.154. The van der Waals surface area contributed by atoms with Crippen LogP contribution in [0.3, 0.4) is 0 Å². The number of nitrogens with zero attached hydrogens (tertiary/aromatic N) is 1. The van der Waals surface area contributed by atoms with Crippen LogP contribution in [0.1, 0.15) is 22.7 Å². The standard InChI is InChI=1S/C13H15FN4/c1-8-4-5-9(7-11(8)14)12(18-16)10-3-2-6-17-13(10)15/h2-7,12,18H,16H2,1H3,(H2,15,17). The van der Waals surface area contributed by atoms with Gasteiger partial charge in [0, 0.05) is 11.8 Å². The molecule has 2 aromatic rings. The molecule has 1 aromatic heterocycles. The van der Waals surface area contributed by atoms with E-state index in [1.54, 1.807) is 25.3 Å². The molecule has 0 aliphatic carbocycles. The number of hydrazine groups is 1. The lowest BCUT2D eigenvalue weighted by atomic mass is 9.98. The summed E-state index contributed by atoms with van der Waals surface area (Å²) in [5.74, 6) is 5.65. The van der Waals surface area contributed by atoms with Crippen molar-refractivity contribution in [2.24, 2.45) is 5.84 Å². The highest BCUT2D eigenvalue weighted by atomic mass is 19.1. The first-order valence-electron chi connectivity index (χ1n) is 5.56. The quantitative estimate of drug-likeness (QED) is 0.568. The Morgan fingerprint density at radius 3 is 2.72 bits per heavy atom. The van der Waals surface area contributed by atoms with Gasteiger partial charge in [-0.05, 0) is 30.2 Å². The number of hydrogen-bond donors (Lipinski definition) is 3. The van der Waals surface area contributed by atoms with Gasteiger partial charge in [-0.3, -0.25) is 5.84 Å². The molecular weight excluding hydrogens is 231 g/mol. The van der Waals surface area contributed by atoms with E-state index in [0.717, 1.165) is 5.56 Å². The van der Waals surface area contributed by atoms with Crippen molar-refractivity contribution in [2.75, 3.05) is 5.73 Å². The first-order chi connectivity index (χ1) is 8.63. The van der Waals surface area contributed by atoms with Crippen molar-refractivity contribution in [3.05, 3.63) is 59.0 Å². The van der Waals surface area contributed by atoms with Gasteiger partial charge in [-0.2, -0.15) is 0 Å². The molecule has 1 unspecified atom stereocenters. The van der Waals surface area contributed by atoms with Crippen molar-refractivity contribution in [2.45, 2.75) is 13.0 Å². The van der Waals surface area contributed by atoms with Gasteiger partial charge in [0.15, 0.2) is 0 Å². The number of aromatic nitrogens is 1. The highest BCUT2D eigenvalue weighted by Gasteiger charge is 2.16. The molecule has 1 heterocycles. The Hall–Kier alpha value is -1.98.